The maximum atomic E-state index is 13.5. The van der Waals surface area contributed by atoms with Crippen LogP contribution in [0.15, 0.2) is 42.5 Å². The van der Waals surface area contributed by atoms with E-state index < -0.39 is 17.7 Å². The fourth-order valence-corrected chi connectivity index (χ4v) is 2.88. The standard InChI is InChI=1S/C15H14ClF2NS/c16-11-3-1-10(2-4-11)8-20-9-15(19)13-7-12(17)5-6-14(13)18/h1-7,15H,8-9,19H2. The monoisotopic (exact) mass is 313 g/mol. The average molecular weight is 314 g/mol. The summed E-state index contributed by atoms with van der Waals surface area (Å²) in [7, 11) is 0. The molecule has 0 aromatic heterocycles. The Kier molecular flexibility index (Phi) is 5.40. The molecule has 0 aliphatic rings. The van der Waals surface area contributed by atoms with Crippen LogP contribution in [0.25, 0.3) is 0 Å². The number of halogens is 3. The molecular formula is C15H14ClF2NS. The number of benzene rings is 2. The topological polar surface area (TPSA) is 26.0 Å². The van der Waals surface area contributed by atoms with Gasteiger partial charge in [-0.1, -0.05) is 23.7 Å². The lowest BCUT2D eigenvalue weighted by Gasteiger charge is -2.12. The second kappa shape index (κ2) is 7.07. The first-order valence-corrected chi connectivity index (χ1v) is 7.62. The van der Waals surface area contributed by atoms with Crippen molar-refractivity contribution < 1.29 is 8.78 Å². The Morgan fingerprint density at radius 2 is 1.80 bits per heavy atom. The van der Waals surface area contributed by atoms with Crippen LogP contribution >= 0.6 is 23.4 Å². The van der Waals surface area contributed by atoms with Gasteiger partial charge in [0.1, 0.15) is 11.6 Å². The SMILES string of the molecule is NC(CSCc1ccc(Cl)cc1)c1cc(F)ccc1F. The molecule has 1 unspecified atom stereocenters. The van der Waals surface area contributed by atoms with Crippen LogP contribution in [0.4, 0.5) is 8.78 Å². The van der Waals surface area contributed by atoms with Crippen LogP contribution in [0.5, 0.6) is 0 Å². The second-order valence-electron chi connectivity index (χ2n) is 4.41. The van der Waals surface area contributed by atoms with E-state index in [1.807, 2.05) is 24.3 Å². The molecule has 0 aliphatic carbocycles. The molecule has 1 nitrogen and oxygen atoms in total. The maximum absolute atomic E-state index is 13.5. The highest BCUT2D eigenvalue weighted by molar-refractivity contribution is 7.98. The Balaban J connectivity index is 1.90. The van der Waals surface area contributed by atoms with E-state index in [1.54, 1.807) is 11.8 Å². The number of rotatable bonds is 5. The van der Waals surface area contributed by atoms with Crippen molar-refractivity contribution in [3.63, 3.8) is 0 Å². The summed E-state index contributed by atoms with van der Waals surface area (Å²) in [6.07, 6.45) is 0. The highest BCUT2D eigenvalue weighted by Crippen LogP contribution is 2.23. The van der Waals surface area contributed by atoms with Gasteiger partial charge in [0.25, 0.3) is 0 Å². The number of thioether (sulfide) groups is 1. The van der Waals surface area contributed by atoms with Crippen molar-refractivity contribution in [2.45, 2.75) is 11.8 Å². The molecule has 0 aliphatic heterocycles. The summed E-state index contributed by atoms with van der Waals surface area (Å²) >= 11 is 7.38. The summed E-state index contributed by atoms with van der Waals surface area (Å²) in [6, 6.07) is 10.3. The van der Waals surface area contributed by atoms with E-state index in [2.05, 4.69) is 0 Å². The van der Waals surface area contributed by atoms with Crippen LogP contribution in [-0.2, 0) is 5.75 Å². The van der Waals surface area contributed by atoms with E-state index in [0.717, 1.165) is 29.5 Å². The summed E-state index contributed by atoms with van der Waals surface area (Å²) in [5.41, 5.74) is 7.24. The first-order chi connectivity index (χ1) is 9.56. The number of hydrogen-bond acceptors (Lipinski definition) is 2. The molecule has 0 spiro atoms. The van der Waals surface area contributed by atoms with Crippen molar-refractivity contribution in [3.8, 4) is 0 Å². The lowest BCUT2D eigenvalue weighted by atomic mass is 10.1. The van der Waals surface area contributed by atoms with Gasteiger partial charge in [0, 0.05) is 28.1 Å². The molecule has 1 atom stereocenters. The third kappa shape index (κ3) is 4.20. The fraction of sp³-hybridized carbons (Fsp3) is 0.200. The summed E-state index contributed by atoms with van der Waals surface area (Å²) in [6.45, 7) is 0. The number of hydrogen-bond donors (Lipinski definition) is 1. The summed E-state index contributed by atoms with van der Waals surface area (Å²) in [5.74, 6) is 0.329. The smallest absolute Gasteiger partial charge is 0.128 e. The molecule has 2 rings (SSSR count). The van der Waals surface area contributed by atoms with Gasteiger partial charge in [-0.2, -0.15) is 11.8 Å². The van der Waals surface area contributed by atoms with Crippen molar-refractivity contribution in [2.24, 2.45) is 5.73 Å². The van der Waals surface area contributed by atoms with E-state index >= 15 is 0 Å². The van der Waals surface area contributed by atoms with Crippen molar-refractivity contribution in [2.75, 3.05) is 5.75 Å². The zero-order valence-electron chi connectivity index (χ0n) is 10.7. The third-order valence-electron chi connectivity index (χ3n) is 2.84. The predicted molar refractivity (Wildman–Crippen MR) is 80.9 cm³/mol. The lowest BCUT2D eigenvalue weighted by molar-refractivity contribution is 0.573. The second-order valence-corrected chi connectivity index (χ2v) is 5.88. The predicted octanol–water partition coefficient (Wildman–Crippen LogP) is 4.55. The van der Waals surface area contributed by atoms with Crippen LogP contribution in [0.1, 0.15) is 17.2 Å². The van der Waals surface area contributed by atoms with Crippen molar-refractivity contribution in [1.29, 1.82) is 0 Å². The molecule has 0 radical (unpaired) electrons. The molecular weight excluding hydrogens is 300 g/mol. The fourth-order valence-electron chi connectivity index (χ4n) is 1.77. The van der Waals surface area contributed by atoms with Crippen molar-refractivity contribution in [1.82, 2.24) is 0 Å². The highest BCUT2D eigenvalue weighted by Gasteiger charge is 2.12. The molecule has 2 aromatic rings. The maximum Gasteiger partial charge on any atom is 0.128 e. The zero-order chi connectivity index (χ0) is 14.5. The van der Waals surface area contributed by atoms with Gasteiger partial charge in [-0.05, 0) is 35.9 Å². The largest absolute Gasteiger partial charge is 0.323 e. The summed E-state index contributed by atoms with van der Waals surface area (Å²) in [5, 5.41) is 0.692. The van der Waals surface area contributed by atoms with Gasteiger partial charge in [-0.15, -0.1) is 0 Å². The van der Waals surface area contributed by atoms with Crippen LogP contribution in [0, 0.1) is 11.6 Å². The third-order valence-corrected chi connectivity index (χ3v) is 4.22. The van der Waals surface area contributed by atoms with E-state index in [1.165, 1.54) is 0 Å². The Morgan fingerprint density at radius 1 is 1.10 bits per heavy atom. The molecule has 0 saturated heterocycles. The molecule has 0 fully saturated rings. The van der Waals surface area contributed by atoms with E-state index in [-0.39, 0.29) is 5.56 Å². The first kappa shape index (κ1) is 15.3. The van der Waals surface area contributed by atoms with Gasteiger partial charge in [0.05, 0.1) is 0 Å². The minimum absolute atomic E-state index is 0.216. The molecule has 5 heteroatoms. The van der Waals surface area contributed by atoms with Crippen LogP contribution in [-0.4, -0.2) is 5.75 Å². The molecule has 2 N–H and O–H groups in total. The van der Waals surface area contributed by atoms with Crippen LogP contribution in [0.2, 0.25) is 5.02 Å². The molecule has 0 saturated carbocycles. The highest BCUT2D eigenvalue weighted by atomic mass is 35.5. The minimum atomic E-state index is -0.525. The zero-order valence-corrected chi connectivity index (χ0v) is 12.2. The van der Waals surface area contributed by atoms with Gasteiger partial charge in [0.15, 0.2) is 0 Å². The minimum Gasteiger partial charge on any atom is -0.323 e. The van der Waals surface area contributed by atoms with E-state index in [0.29, 0.717) is 10.8 Å². The molecule has 0 amide bonds. The van der Waals surface area contributed by atoms with Gasteiger partial charge in [-0.3, -0.25) is 0 Å². The molecule has 0 heterocycles. The van der Waals surface area contributed by atoms with Gasteiger partial charge >= 0.3 is 0 Å². The molecule has 20 heavy (non-hydrogen) atoms. The molecule has 0 bridgehead atoms. The van der Waals surface area contributed by atoms with Gasteiger partial charge < -0.3 is 5.73 Å². The lowest BCUT2D eigenvalue weighted by Crippen LogP contribution is -2.15. The van der Waals surface area contributed by atoms with Crippen molar-refractivity contribution >= 4 is 23.4 Å². The average Bonchev–Trinajstić information content (AvgIpc) is 2.43. The van der Waals surface area contributed by atoms with Gasteiger partial charge in [0.2, 0.25) is 0 Å². The van der Waals surface area contributed by atoms with E-state index in [4.69, 9.17) is 17.3 Å². The quantitative estimate of drug-likeness (QED) is 0.876. The normalized spacial score (nSPS) is 12.4. The number of nitrogens with two attached hydrogens (primary N) is 1. The van der Waals surface area contributed by atoms with Crippen LogP contribution in [0.3, 0.4) is 0 Å². The van der Waals surface area contributed by atoms with Gasteiger partial charge in [-0.25, -0.2) is 8.78 Å². The summed E-state index contributed by atoms with van der Waals surface area (Å²) < 4.78 is 26.6. The Morgan fingerprint density at radius 3 is 2.50 bits per heavy atom. The summed E-state index contributed by atoms with van der Waals surface area (Å²) in [4.78, 5) is 0. The molecule has 106 valence electrons. The Labute approximate surface area is 126 Å². The van der Waals surface area contributed by atoms with Crippen LogP contribution < -0.4 is 5.73 Å². The Hall–Kier alpha value is -1.10. The molecule has 2 aromatic carbocycles. The Bertz CT molecular complexity index is 575. The van der Waals surface area contributed by atoms with E-state index in [9.17, 15) is 8.78 Å². The first-order valence-electron chi connectivity index (χ1n) is 6.09. The van der Waals surface area contributed by atoms with Crippen molar-refractivity contribution in [3.05, 3.63) is 70.2 Å².